The Bertz CT molecular complexity index is 644. The quantitative estimate of drug-likeness (QED) is 0.710. The Labute approximate surface area is 166 Å². The van der Waals surface area contributed by atoms with Crippen LogP contribution in [0.5, 0.6) is 0 Å². The Kier molecular flexibility index (Phi) is 4.18. The van der Waals surface area contributed by atoms with E-state index in [1.807, 2.05) is 0 Å². The van der Waals surface area contributed by atoms with Gasteiger partial charge in [0, 0.05) is 24.0 Å². The van der Waals surface area contributed by atoms with Crippen molar-refractivity contribution in [3.05, 3.63) is 11.6 Å². The predicted molar refractivity (Wildman–Crippen MR) is 110 cm³/mol. The minimum absolute atomic E-state index is 0.0913. The van der Waals surface area contributed by atoms with Crippen molar-refractivity contribution in [3.8, 4) is 0 Å². The van der Waals surface area contributed by atoms with E-state index in [9.17, 15) is 5.11 Å². The van der Waals surface area contributed by atoms with E-state index in [0.29, 0.717) is 29.3 Å². The lowest BCUT2D eigenvalue weighted by Crippen LogP contribution is -2.58. The van der Waals surface area contributed by atoms with Crippen molar-refractivity contribution in [2.24, 2.45) is 34.5 Å². The molecule has 3 heteroatoms. The van der Waals surface area contributed by atoms with Crippen LogP contribution in [0.4, 0.5) is 0 Å². The molecule has 3 saturated carbocycles. The molecule has 4 fully saturated rings. The summed E-state index contributed by atoms with van der Waals surface area (Å²) >= 11 is 0. The first-order chi connectivity index (χ1) is 12.8. The summed E-state index contributed by atoms with van der Waals surface area (Å²) in [7, 11) is 6.77. The van der Waals surface area contributed by atoms with Gasteiger partial charge >= 0.3 is 0 Å². The second kappa shape index (κ2) is 6.06. The summed E-state index contributed by atoms with van der Waals surface area (Å²) in [4.78, 5) is 4.98. The maximum atomic E-state index is 11.6. The molecule has 0 aromatic heterocycles. The molecule has 5 aliphatic rings. The smallest absolute Gasteiger partial charge is 0.0617 e. The van der Waals surface area contributed by atoms with Crippen molar-refractivity contribution >= 4 is 0 Å². The van der Waals surface area contributed by atoms with Crippen molar-refractivity contribution in [2.75, 3.05) is 27.7 Å². The van der Waals surface area contributed by atoms with Gasteiger partial charge in [-0.25, -0.2) is 0 Å². The molecule has 5 rings (SSSR count). The third-order valence-electron chi connectivity index (χ3n) is 10.5. The Balaban J connectivity index is 1.49. The Morgan fingerprint density at radius 1 is 1.15 bits per heavy atom. The molecule has 0 bridgehead atoms. The summed E-state index contributed by atoms with van der Waals surface area (Å²) in [6, 6.07) is 1.35. The maximum Gasteiger partial charge on any atom is 0.0617 e. The summed E-state index contributed by atoms with van der Waals surface area (Å²) in [6.45, 7) is 6.09. The zero-order valence-electron chi connectivity index (χ0n) is 18.1. The van der Waals surface area contributed by atoms with Gasteiger partial charge in [0.25, 0.3) is 0 Å². The van der Waals surface area contributed by atoms with Gasteiger partial charge in [0.1, 0.15) is 0 Å². The van der Waals surface area contributed by atoms with Crippen LogP contribution in [0.25, 0.3) is 0 Å². The summed E-state index contributed by atoms with van der Waals surface area (Å²) in [5.41, 5.74) is 2.26. The molecular formula is C24H40N2O. The Morgan fingerprint density at radius 3 is 2.63 bits per heavy atom. The summed E-state index contributed by atoms with van der Waals surface area (Å²) in [6.07, 6.45) is 11.5. The van der Waals surface area contributed by atoms with Crippen molar-refractivity contribution in [2.45, 2.75) is 77.0 Å². The van der Waals surface area contributed by atoms with Crippen LogP contribution >= 0.6 is 0 Å². The van der Waals surface area contributed by atoms with Crippen molar-refractivity contribution in [1.82, 2.24) is 9.80 Å². The summed E-state index contributed by atoms with van der Waals surface area (Å²) in [5.74, 6) is 2.96. The molecule has 0 unspecified atom stereocenters. The fraction of sp³-hybridized carbons (Fsp3) is 0.917. The van der Waals surface area contributed by atoms with Gasteiger partial charge in [0.2, 0.25) is 0 Å². The van der Waals surface area contributed by atoms with Crippen LogP contribution in [0.1, 0.15) is 58.8 Å². The highest BCUT2D eigenvalue weighted by atomic mass is 16.3. The molecule has 152 valence electrons. The number of likely N-dealkylation sites (tertiary alicyclic amines) is 1. The van der Waals surface area contributed by atoms with E-state index in [0.717, 1.165) is 24.8 Å². The average molecular weight is 373 g/mol. The second-order valence-corrected chi connectivity index (χ2v) is 11.3. The van der Waals surface area contributed by atoms with Crippen molar-refractivity contribution < 1.29 is 5.11 Å². The monoisotopic (exact) mass is 372 g/mol. The first-order valence-corrected chi connectivity index (χ1v) is 11.5. The first-order valence-electron chi connectivity index (χ1n) is 11.5. The van der Waals surface area contributed by atoms with Crippen LogP contribution in [0.3, 0.4) is 0 Å². The van der Waals surface area contributed by atoms with E-state index in [-0.39, 0.29) is 11.5 Å². The van der Waals surface area contributed by atoms with Gasteiger partial charge in [-0.2, -0.15) is 0 Å². The molecule has 0 amide bonds. The van der Waals surface area contributed by atoms with Crippen molar-refractivity contribution in [1.29, 1.82) is 0 Å². The van der Waals surface area contributed by atoms with E-state index in [4.69, 9.17) is 0 Å². The SMILES string of the molecule is C[C@H]1[C@H]2CC[C@H]3[C@@H]4CC=C5C[C@H](N(C)C)CC[C@]5(C)[C@H]4C[C@H](O)[C@]23CN1C. The molecule has 1 saturated heterocycles. The molecule has 27 heavy (non-hydrogen) atoms. The number of allylic oxidation sites excluding steroid dienone is 1. The van der Waals surface area contributed by atoms with Gasteiger partial charge in [-0.05, 0) is 102 Å². The molecule has 1 spiro atoms. The number of hydrogen-bond donors (Lipinski definition) is 1. The zero-order valence-corrected chi connectivity index (χ0v) is 18.1. The van der Waals surface area contributed by atoms with Crippen LogP contribution in [-0.4, -0.2) is 60.8 Å². The highest BCUT2D eigenvalue weighted by molar-refractivity contribution is 5.27. The molecule has 0 radical (unpaired) electrons. The lowest BCUT2D eigenvalue weighted by atomic mass is 9.46. The van der Waals surface area contributed by atoms with Gasteiger partial charge in [0.15, 0.2) is 0 Å². The van der Waals surface area contributed by atoms with Crippen LogP contribution in [0.15, 0.2) is 11.6 Å². The molecule has 1 aliphatic heterocycles. The minimum atomic E-state index is -0.0913. The van der Waals surface area contributed by atoms with E-state index in [1.165, 1.54) is 38.5 Å². The highest BCUT2D eigenvalue weighted by Crippen LogP contribution is 2.68. The zero-order chi connectivity index (χ0) is 19.1. The van der Waals surface area contributed by atoms with E-state index in [1.54, 1.807) is 5.57 Å². The molecular weight excluding hydrogens is 332 g/mol. The second-order valence-electron chi connectivity index (χ2n) is 11.3. The number of aliphatic hydroxyl groups is 1. The van der Waals surface area contributed by atoms with Crippen molar-refractivity contribution in [3.63, 3.8) is 0 Å². The number of fused-ring (bicyclic) bond motifs is 4. The molecule has 1 heterocycles. The van der Waals surface area contributed by atoms with Gasteiger partial charge in [-0.15, -0.1) is 0 Å². The van der Waals surface area contributed by atoms with E-state index >= 15 is 0 Å². The van der Waals surface area contributed by atoms with Gasteiger partial charge in [-0.1, -0.05) is 18.6 Å². The lowest BCUT2D eigenvalue weighted by molar-refractivity contribution is -0.125. The standard InChI is InChI=1S/C24H40N2O/c1-15-19-8-9-20-18-7-6-16-12-17(25(3)4)10-11-23(16,2)21(18)13-22(27)24(19,20)14-26(15)5/h6,15,17-22,27H,7-14H2,1-5H3/t15-,17+,18-,19+,20-,21-,22-,23-,24+/m0/s1. The lowest BCUT2D eigenvalue weighted by Gasteiger charge is -2.60. The average Bonchev–Trinajstić information content (AvgIpc) is 3.12. The minimum Gasteiger partial charge on any atom is -0.392 e. The number of nitrogens with zero attached hydrogens (tertiary/aromatic N) is 2. The van der Waals surface area contributed by atoms with E-state index < -0.39 is 0 Å². The van der Waals surface area contributed by atoms with E-state index in [2.05, 4.69) is 50.9 Å². The molecule has 3 nitrogen and oxygen atoms in total. The maximum absolute atomic E-state index is 11.6. The Morgan fingerprint density at radius 2 is 1.89 bits per heavy atom. The number of hydrogen-bond acceptors (Lipinski definition) is 3. The first kappa shape index (κ1) is 18.6. The summed E-state index contributed by atoms with van der Waals surface area (Å²) in [5, 5.41) is 11.6. The van der Waals surface area contributed by atoms with Crippen LogP contribution in [0, 0.1) is 34.5 Å². The fourth-order valence-corrected chi connectivity index (χ4v) is 8.84. The molecule has 0 aromatic rings. The predicted octanol–water partition coefficient (Wildman–Crippen LogP) is 3.78. The number of aliphatic hydroxyl groups excluding tert-OH is 1. The van der Waals surface area contributed by atoms with Crippen LogP contribution in [0.2, 0.25) is 0 Å². The molecule has 1 N–H and O–H groups in total. The third kappa shape index (κ3) is 2.31. The van der Waals surface area contributed by atoms with Crippen LogP contribution in [-0.2, 0) is 0 Å². The summed E-state index contributed by atoms with van der Waals surface area (Å²) < 4.78 is 0. The largest absolute Gasteiger partial charge is 0.392 e. The molecule has 0 aromatic carbocycles. The number of rotatable bonds is 1. The van der Waals surface area contributed by atoms with Crippen LogP contribution < -0.4 is 0 Å². The third-order valence-corrected chi connectivity index (χ3v) is 10.5. The topological polar surface area (TPSA) is 26.7 Å². The van der Waals surface area contributed by atoms with Gasteiger partial charge in [-0.3, -0.25) is 0 Å². The Hall–Kier alpha value is -0.380. The molecule has 4 aliphatic carbocycles. The fourth-order valence-electron chi connectivity index (χ4n) is 8.84. The molecule has 9 atom stereocenters. The van der Waals surface area contributed by atoms with Gasteiger partial charge < -0.3 is 14.9 Å². The normalized spacial score (nSPS) is 54.9. The van der Waals surface area contributed by atoms with Gasteiger partial charge in [0.05, 0.1) is 6.10 Å². The highest BCUT2D eigenvalue weighted by Gasteiger charge is 2.67.